The van der Waals surface area contributed by atoms with Gasteiger partial charge in [0.15, 0.2) is 0 Å². The molecule has 9 heteroatoms. The van der Waals surface area contributed by atoms with Crippen LogP contribution in [0.1, 0.15) is 6.42 Å². The lowest BCUT2D eigenvalue weighted by molar-refractivity contribution is -0.316. The molecule has 0 rings (SSSR count). The summed E-state index contributed by atoms with van der Waals surface area (Å²) in [6.45, 7) is 0. The van der Waals surface area contributed by atoms with Crippen molar-refractivity contribution in [2.24, 2.45) is 5.73 Å². The molecule has 0 spiro atoms. The van der Waals surface area contributed by atoms with Crippen LogP contribution in [-0.4, -0.2) is 18.0 Å². The highest BCUT2D eigenvalue weighted by Gasteiger charge is 2.01. The van der Waals surface area contributed by atoms with Gasteiger partial charge in [-0.1, -0.05) is 0 Å². The van der Waals surface area contributed by atoms with E-state index in [1.807, 2.05) is 0 Å². The number of halogens is 1. The molecule has 0 saturated heterocycles. The highest BCUT2D eigenvalue weighted by molar-refractivity contribution is 5.77. The van der Waals surface area contributed by atoms with Gasteiger partial charge in [-0.2, -0.15) is 0 Å². The highest BCUT2D eigenvalue weighted by atomic mass is 35.5. The summed E-state index contributed by atoms with van der Waals surface area (Å²) in [4.78, 5) is 19.3. The van der Waals surface area contributed by atoms with Gasteiger partial charge in [-0.05, 0) is 0 Å². The predicted octanol–water partition coefficient (Wildman–Crippen LogP) is -5.66. The molecule has 0 aromatic carbocycles. The minimum Gasteiger partial charge on any atom is -1.00 e. The molecule has 8 nitrogen and oxygen atoms in total. The van der Waals surface area contributed by atoms with Crippen LogP contribution >= 0.6 is 0 Å². The second-order valence-corrected chi connectivity index (χ2v) is 1.50. The van der Waals surface area contributed by atoms with Gasteiger partial charge in [0.1, 0.15) is 0 Å². The van der Waals surface area contributed by atoms with Crippen LogP contribution in [0.15, 0.2) is 0 Å². The Labute approximate surface area is 81.6 Å². The molecule has 0 aliphatic carbocycles. The van der Waals surface area contributed by atoms with Crippen LogP contribution in [-0.2, 0) is 9.59 Å². The third-order valence-corrected chi connectivity index (χ3v) is 0.689. The Hall–Kier alpha value is -0.930. The summed E-state index contributed by atoms with van der Waals surface area (Å²) in [5, 5.41) is 19.3. The number of aliphatic carboxylic acids is 2. The summed E-state index contributed by atoms with van der Waals surface area (Å²) in [5.41, 5.74) is 4.73. The van der Waals surface area contributed by atoms with E-state index in [4.69, 9.17) is 5.73 Å². The summed E-state index contributed by atoms with van der Waals surface area (Å²) in [6.07, 6.45) is -0.706. The standard InChI is InChI=1S/C4H7NO4.ClH.3H3N/c5-2(4(8)9)1-3(6)7;;;;/h2H,1,5H2,(H,6,7)(H,8,9);1H;3*1H3/t2-;;;;/m0..../s1. The van der Waals surface area contributed by atoms with Crippen molar-refractivity contribution in [1.29, 1.82) is 0 Å². The van der Waals surface area contributed by atoms with Crippen molar-refractivity contribution in [3.05, 3.63) is 0 Å². The SMILES string of the molecule is N[C@@H](CC(=O)[O-])C(=O)[O-].[Cl-].[NH4+].[NH4+].[NH4+]. The first-order valence-corrected chi connectivity index (χ1v) is 2.20. The number of carboxylic acid groups (broad SMARTS) is 2. The monoisotopic (exact) mass is 220 g/mol. The van der Waals surface area contributed by atoms with Crippen molar-refractivity contribution in [3.8, 4) is 0 Å². The van der Waals surface area contributed by atoms with E-state index in [9.17, 15) is 19.8 Å². The van der Waals surface area contributed by atoms with Gasteiger partial charge in [-0.15, -0.1) is 0 Å². The number of hydrogen-bond donors (Lipinski definition) is 4. The molecular weight excluding hydrogens is 204 g/mol. The normalized spacial score (nSPS) is 8.69. The first kappa shape index (κ1) is 29.6. The first-order chi connectivity index (χ1) is 4.04. The van der Waals surface area contributed by atoms with Crippen molar-refractivity contribution in [1.82, 2.24) is 18.5 Å². The van der Waals surface area contributed by atoms with Crippen molar-refractivity contribution in [3.63, 3.8) is 0 Å². The Bertz CT molecular complexity index is 144. The van der Waals surface area contributed by atoms with Crippen molar-refractivity contribution >= 4 is 11.9 Å². The van der Waals surface area contributed by atoms with Gasteiger partial charge in [-0.3, -0.25) is 0 Å². The number of carboxylic acids is 2. The molecule has 0 aliphatic rings. The van der Waals surface area contributed by atoms with Crippen LogP contribution in [0.3, 0.4) is 0 Å². The molecule has 0 aromatic rings. The lowest BCUT2D eigenvalue weighted by Crippen LogP contribution is -3.00. The molecule has 1 atom stereocenters. The minimum absolute atomic E-state index is 0. The molecule has 0 aromatic heterocycles. The highest BCUT2D eigenvalue weighted by Crippen LogP contribution is 1.81. The van der Waals surface area contributed by atoms with Gasteiger partial charge >= 0.3 is 0 Å². The Balaban J connectivity index is -0.0000000533. The number of rotatable bonds is 3. The van der Waals surface area contributed by atoms with E-state index in [0.717, 1.165) is 0 Å². The van der Waals surface area contributed by atoms with E-state index in [0.29, 0.717) is 0 Å². The van der Waals surface area contributed by atoms with Gasteiger partial charge in [0.25, 0.3) is 0 Å². The van der Waals surface area contributed by atoms with E-state index in [1.54, 1.807) is 0 Å². The fourth-order valence-electron chi connectivity index (χ4n) is 0.263. The molecule has 0 fully saturated rings. The van der Waals surface area contributed by atoms with Gasteiger partial charge in [0.2, 0.25) is 0 Å². The summed E-state index contributed by atoms with van der Waals surface area (Å²) in [5.74, 6) is -3.08. The molecule has 0 aliphatic heterocycles. The number of carbonyl (C=O) groups is 2. The van der Waals surface area contributed by atoms with Crippen LogP contribution in [0.5, 0.6) is 0 Å². The number of carbonyl (C=O) groups excluding carboxylic acids is 2. The van der Waals surface area contributed by atoms with E-state index in [-0.39, 0.29) is 30.9 Å². The summed E-state index contributed by atoms with van der Waals surface area (Å²) < 4.78 is 0. The van der Waals surface area contributed by atoms with E-state index < -0.39 is 24.4 Å². The molecule has 0 heterocycles. The second-order valence-electron chi connectivity index (χ2n) is 1.50. The van der Waals surface area contributed by atoms with Crippen LogP contribution in [0.2, 0.25) is 0 Å². The smallest absolute Gasteiger partial charge is 0.0586 e. The van der Waals surface area contributed by atoms with E-state index in [1.165, 1.54) is 0 Å². The fraction of sp³-hybridized carbons (Fsp3) is 0.500. The Morgan fingerprint density at radius 1 is 1.15 bits per heavy atom. The first-order valence-electron chi connectivity index (χ1n) is 2.20. The fourth-order valence-corrected chi connectivity index (χ4v) is 0.263. The quantitative estimate of drug-likeness (QED) is 0.364. The molecule has 0 amide bonds. The third kappa shape index (κ3) is 18.2. The van der Waals surface area contributed by atoms with Gasteiger partial charge in [0.05, 0.1) is 5.97 Å². The molecule has 0 saturated carbocycles. The van der Waals surface area contributed by atoms with Crippen LogP contribution in [0.25, 0.3) is 0 Å². The zero-order chi connectivity index (χ0) is 7.44. The molecular formula is C4H17ClN4O4. The van der Waals surface area contributed by atoms with Gasteiger partial charge < -0.3 is 56.4 Å². The molecule has 14 N–H and O–H groups in total. The Morgan fingerprint density at radius 2 is 1.46 bits per heavy atom. The van der Waals surface area contributed by atoms with Crippen molar-refractivity contribution in [2.45, 2.75) is 12.5 Å². The lowest BCUT2D eigenvalue weighted by atomic mass is 10.2. The molecule has 0 bridgehead atoms. The van der Waals surface area contributed by atoms with Crippen molar-refractivity contribution in [2.75, 3.05) is 0 Å². The Kier molecular flexibility index (Phi) is 31.1. The molecule has 0 unspecified atom stereocenters. The zero-order valence-electron chi connectivity index (χ0n) is 7.87. The van der Waals surface area contributed by atoms with Crippen LogP contribution in [0, 0.1) is 0 Å². The summed E-state index contributed by atoms with van der Waals surface area (Å²) in [7, 11) is 0. The van der Waals surface area contributed by atoms with E-state index >= 15 is 0 Å². The maximum absolute atomic E-state index is 9.71. The summed E-state index contributed by atoms with van der Waals surface area (Å²) >= 11 is 0. The Morgan fingerprint density at radius 3 is 1.54 bits per heavy atom. The lowest BCUT2D eigenvalue weighted by Gasteiger charge is -2.11. The van der Waals surface area contributed by atoms with Crippen LogP contribution < -0.4 is 46.8 Å². The molecule has 84 valence electrons. The topological polar surface area (TPSA) is 216 Å². The van der Waals surface area contributed by atoms with Crippen LogP contribution in [0.4, 0.5) is 0 Å². The third-order valence-electron chi connectivity index (χ3n) is 0.689. The number of nitrogens with two attached hydrogens (primary N) is 1. The minimum atomic E-state index is -1.58. The van der Waals surface area contributed by atoms with E-state index in [2.05, 4.69) is 0 Å². The largest absolute Gasteiger partial charge is 1.00 e. The van der Waals surface area contributed by atoms with Gasteiger partial charge in [-0.25, -0.2) is 0 Å². The second kappa shape index (κ2) is 13.6. The number of hydrogen-bond acceptors (Lipinski definition) is 5. The average Bonchev–Trinajstić information content (AvgIpc) is 1.63. The van der Waals surface area contributed by atoms with Crippen molar-refractivity contribution < 1.29 is 32.2 Å². The predicted molar refractivity (Wildman–Crippen MR) is 40.6 cm³/mol. The summed E-state index contributed by atoms with van der Waals surface area (Å²) in [6, 6.07) is -1.46. The maximum atomic E-state index is 9.71. The zero-order valence-corrected chi connectivity index (χ0v) is 8.63. The molecule has 13 heavy (non-hydrogen) atoms. The number of quaternary nitrogens is 3. The molecule has 0 radical (unpaired) electrons. The maximum Gasteiger partial charge on any atom is 0.0586 e. The van der Waals surface area contributed by atoms with Gasteiger partial charge in [0, 0.05) is 18.4 Å². The average molecular weight is 221 g/mol.